The number of thioether (sulfide) groups is 1. The molecule has 0 aromatic carbocycles. The van der Waals surface area contributed by atoms with Crippen LogP contribution in [0.3, 0.4) is 0 Å². The van der Waals surface area contributed by atoms with Gasteiger partial charge in [0, 0.05) is 12.5 Å². The van der Waals surface area contributed by atoms with Crippen molar-refractivity contribution in [3.05, 3.63) is 5.82 Å². The highest BCUT2D eigenvalue weighted by Gasteiger charge is 2.40. The molecule has 1 N–H and O–H groups in total. The summed E-state index contributed by atoms with van der Waals surface area (Å²) in [5, 5.41) is 18.4. The van der Waals surface area contributed by atoms with Gasteiger partial charge in [0.25, 0.3) is 0 Å². The van der Waals surface area contributed by atoms with Crippen LogP contribution in [0.2, 0.25) is 0 Å². The maximum absolute atomic E-state index is 10.9. The number of carbonyl (C=O) groups is 1. The Labute approximate surface area is 127 Å². The van der Waals surface area contributed by atoms with Gasteiger partial charge in [-0.2, -0.15) is 0 Å². The Hall–Kier alpha value is -1.08. The van der Waals surface area contributed by atoms with Crippen molar-refractivity contribution in [2.75, 3.05) is 25.4 Å². The zero-order valence-corrected chi connectivity index (χ0v) is 12.8. The van der Waals surface area contributed by atoms with E-state index in [1.807, 2.05) is 0 Å². The van der Waals surface area contributed by atoms with Crippen molar-refractivity contribution in [2.45, 2.75) is 42.8 Å². The minimum Gasteiger partial charge on any atom is -0.481 e. The smallest absolute Gasteiger partial charge is 0.313 e. The largest absolute Gasteiger partial charge is 0.481 e. The molecular formula is C14H20N4O2S. The number of carboxylic acids is 1. The van der Waals surface area contributed by atoms with Crippen LogP contribution in [0.4, 0.5) is 0 Å². The number of hydrogen-bond acceptors (Lipinski definition) is 5. The van der Waals surface area contributed by atoms with Gasteiger partial charge in [-0.1, -0.05) is 11.8 Å². The Morgan fingerprint density at radius 3 is 2.57 bits per heavy atom. The van der Waals surface area contributed by atoms with Crippen LogP contribution >= 0.6 is 11.8 Å². The molecule has 2 bridgehead atoms. The van der Waals surface area contributed by atoms with E-state index in [0.29, 0.717) is 17.9 Å². The number of piperidine rings is 3. The van der Waals surface area contributed by atoms with Crippen molar-refractivity contribution in [1.29, 1.82) is 0 Å². The summed E-state index contributed by atoms with van der Waals surface area (Å²) in [4.78, 5) is 13.4. The van der Waals surface area contributed by atoms with Crippen LogP contribution in [-0.2, 0) is 4.79 Å². The average molecular weight is 308 g/mol. The Morgan fingerprint density at radius 1 is 1.24 bits per heavy atom. The van der Waals surface area contributed by atoms with Gasteiger partial charge in [0.15, 0.2) is 5.16 Å². The standard InChI is InChI=1S/C14H20N4O2S/c19-12(20)8-21-14-16-15-13(10-1-2-10)18(14)11-7-17-5-3-9(11)4-6-17/h9-11H,1-8H2,(H,19,20). The van der Waals surface area contributed by atoms with Gasteiger partial charge >= 0.3 is 5.97 Å². The molecule has 3 aliphatic heterocycles. The lowest BCUT2D eigenvalue weighted by Gasteiger charge is -2.45. The van der Waals surface area contributed by atoms with Crippen molar-refractivity contribution in [3.63, 3.8) is 0 Å². The van der Waals surface area contributed by atoms with Crippen LogP contribution in [0.5, 0.6) is 0 Å². The molecule has 21 heavy (non-hydrogen) atoms. The normalized spacial score (nSPS) is 31.5. The summed E-state index contributed by atoms with van der Waals surface area (Å²) in [6.45, 7) is 3.49. The van der Waals surface area contributed by atoms with Gasteiger partial charge in [0.2, 0.25) is 0 Å². The monoisotopic (exact) mass is 308 g/mol. The fraction of sp³-hybridized carbons (Fsp3) is 0.786. The van der Waals surface area contributed by atoms with E-state index < -0.39 is 5.97 Å². The first-order chi connectivity index (χ1) is 10.2. The first-order valence-electron chi connectivity index (χ1n) is 7.74. The summed E-state index contributed by atoms with van der Waals surface area (Å²) in [5.74, 6) is 1.61. The summed E-state index contributed by atoms with van der Waals surface area (Å²) in [6, 6.07) is 0.439. The third-order valence-corrected chi connectivity index (χ3v) is 5.84. The first kappa shape index (κ1) is 13.6. The van der Waals surface area contributed by atoms with Crippen LogP contribution in [0.1, 0.15) is 43.5 Å². The van der Waals surface area contributed by atoms with Crippen molar-refractivity contribution in [1.82, 2.24) is 19.7 Å². The second-order valence-corrected chi connectivity index (χ2v) is 7.32. The molecule has 5 rings (SSSR count). The highest BCUT2D eigenvalue weighted by atomic mass is 32.2. The topological polar surface area (TPSA) is 71.2 Å². The predicted molar refractivity (Wildman–Crippen MR) is 78.6 cm³/mol. The van der Waals surface area contributed by atoms with Gasteiger partial charge in [-0.05, 0) is 44.7 Å². The fourth-order valence-corrected chi connectivity index (χ4v) is 4.39. The van der Waals surface area contributed by atoms with E-state index in [4.69, 9.17) is 5.11 Å². The second kappa shape index (κ2) is 5.28. The van der Waals surface area contributed by atoms with E-state index in [-0.39, 0.29) is 5.75 Å². The number of aliphatic carboxylic acids is 1. The molecule has 1 aromatic heterocycles. The molecule has 7 heteroatoms. The van der Waals surface area contributed by atoms with E-state index in [0.717, 1.165) is 17.5 Å². The number of aromatic nitrogens is 3. The van der Waals surface area contributed by atoms with Crippen molar-refractivity contribution >= 4 is 17.7 Å². The number of rotatable bonds is 5. The molecule has 6 nitrogen and oxygen atoms in total. The Bertz CT molecular complexity index is 549. The quantitative estimate of drug-likeness (QED) is 0.833. The van der Waals surface area contributed by atoms with E-state index in [9.17, 15) is 4.79 Å². The van der Waals surface area contributed by atoms with Gasteiger partial charge in [-0.25, -0.2) is 0 Å². The number of fused-ring (bicyclic) bond motifs is 3. The molecule has 1 saturated carbocycles. The van der Waals surface area contributed by atoms with E-state index in [2.05, 4.69) is 19.7 Å². The van der Waals surface area contributed by atoms with Crippen LogP contribution in [0.25, 0.3) is 0 Å². The number of hydrogen-bond donors (Lipinski definition) is 1. The van der Waals surface area contributed by atoms with E-state index in [1.165, 1.54) is 50.5 Å². The highest BCUT2D eigenvalue weighted by Crippen LogP contribution is 2.44. The third-order valence-electron chi connectivity index (χ3n) is 4.91. The first-order valence-corrected chi connectivity index (χ1v) is 8.72. The average Bonchev–Trinajstić information content (AvgIpc) is 3.26. The summed E-state index contributed by atoms with van der Waals surface area (Å²) < 4.78 is 2.29. The summed E-state index contributed by atoms with van der Waals surface area (Å²) in [7, 11) is 0. The fourth-order valence-electron chi connectivity index (χ4n) is 3.67. The molecule has 1 atom stereocenters. The van der Waals surface area contributed by atoms with Crippen LogP contribution in [0.15, 0.2) is 5.16 Å². The lowest BCUT2D eigenvalue weighted by Crippen LogP contribution is -2.48. The molecule has 1 aliphatic carbocycles. The van der Waals surface area contributed by atoms with Crippen molar-refractivity contribution in [3.8, 4) is 0 Å². The molecule has 114 valence electrons. The predicted octanol–water partition coefficient (Wildman–Crippen LogP) is 1.60. The molecule has 3 saturated heterocycles. The van der Waals surface area contributed by atoms with Crippen LogP contribution < -0.4 is 0 Å². The van der Waals surface area contributed by atoms with E-state index >= 15 is 0 Å². The van der Waals surface area contributed by atoms with Crippen LogP contribution in [0, 0.1) is 5.92 Å². The molecule has 1 unspecified atom stereocenters. The lowest BCUT2D eigenvalue weighted by molar-refractivity contribution is -0.133. The van der Waals surface area contributed by atoms with E-state index in [1.54, 1.807) is 0 Å². The Kier molecular flexibility index (Phi) is 3.41. The maximum Gasteiger partial charge on any atom is 0.313 e. The molecule has 4 fully saturated rings. The lowest BCUT2D eigenvalue weighted by atomic mass is 9.84. The van der Waals surface area contributed by atoms with Gasteiger partial charge in [0.05, 0.1) is 11.8 Å². The zero-order valence-electron chi connectivity index (χ0n) is 11.9. The van der Waals surface area contributed by atoms with Gasteiger partial charge in [-0.15, -0.1) is 10.2 Å². The minimum absolute atomic E-state index is 0.0594. The molecule has 4 heterocycles. The summed E-state index contributed by atoms with van der Waals surface area (Å²) >= 11 is 1.31. The van der Waals surface area contributed by atoms with Crippen molar-refractivity contribution < 1.29 is 9.90 Å². The van der Waals surface area contributed by atoms with Crippen LogP contribution in [-0.4, -0.2) is 56.1 Å². The number of carboxylic acid groups (broad SMARTS) is 1. The molecule has 1 aromatic rings. The molecule has 0 amide bonds. The molecule has 0 spiro atoms. The van der Waals surface area contributed by atoms with Crippen molar-refractivity contribution in [2.24, 2.45) is 5.92 Å². The molecular weight excluding hydrogens is 288 g/mol. The Morgan fingerprint density at radius 2 is 2.00 bits per heavy atom. The second-order valence-electron chi connectivity index (χ2n) is 6.37. The van der Waals surface area contributed by atoms with Gasteiger partial charge < -0.3 is 14.6 Å². The minimum atomic E-state index is -0.795. The third kappa shape index (κ3) is 2.57. The molecule has 0 radical (unpaired) electrons. The van der Waals surface area contributed by atoms with Gasteiger partial charge in [-0.3, -0.25) is 4.79 Å². The number of nitrogens with zero attached hydrogens (tertiary/aromatic N) is 4. The SMILES string of the molecule is O=C(O)CSc1nnc(C2CC2)n1C1CN2CCC1CC2. The zero-order chi connectivity index (χ0) is 14.4. The summed E-state index contributed by atoms with van der Waals surface area (Å²) in [5.41, 5.74) is 0. The van der Waals surface area contributed by atoms with Gasteiger partial charge in [0.1, 0.15) is 5.82 Å². The summed E-state index contributed by atoms with van der Waals surface area (Å²) in [6.07, 6.45) is 4.89. The highest BCUT2D eigenvalue weighted by molar-refractivity contribution is 7.99. The Balaban J connectivity index is 1.64. The maximum atomic E-state index is 10.9. The molecule has 4 aliphatic rings.